The lowest BCUT2D eigenvalue weighted by Crippen LogP contribution is -2.50. The standard InChI is InChI=1S/C12H20N4/c1-9-7-14-12(6-11(9)13)16-5-4-15(3)10(2)8-16/h6-7,10H,4-5,8H2,1-3H3,(H2,13,14). The first-order chi connectivity index (χ1) is 7.58. The third kappa shape index (κ3) is 2.11. The lowest BCUT2D eigenvalue weighted by atomic mass is 10.2. The molecule has 0 saturated carbocycles. The van der Waals surface area contributed by atoms with Crippen LogP contribution < -0.4 is 10.6 Å². The molecule has 1 aliphatic rings. The first kappa shape index (κ1) is 11.2. The van der Waals surface area contributed by atoms with Gasteiger partial charge in [0.15, 0.2) is 0 Å². The van der Waals surface area contributed by atoms with E-state index in [0.717, 1.165) is 36.7 Å². The second-order valence-electron chi connectivity index (χ2n) is 4.67. The fourth-order valence-corrected chi connectivity index (χ4v) is 1.96. The van der Waals surface area contributed by atoms with Crippen LogP contribution in [0.15, 0.2) is 12.3 Å². The normalized spacial score (nSPS) is 22.4. The van der Waals surface area contributed by atoms with Crippen molar-refractivity contribution >= 4 is 11.5 Å². The molecule has 2 N–H and O–H groups in total. The van der Waals surface area contributed by atoms with Gasteiger partial charge in [0.25, 0.3) is 0 Å². The number of piperazine rings is 1. The smallest absolute Gasteiger partial charge is 0.130 e. The second-order valence-corrected chi connectivity index (χ2v) is 4.67. The highest BCUT2D eigenvalue weighted by atomic mass is 15.3. The molecule has 1 atom stereocenters. The van der Waals surface area contributed by atoms with E-state index in [-0.39, 0.29) is 0 Å². The molecule has 4 heteroatoms. The molecule has 16 heavy (non-hydrogen) atoms. The Hall–Kier alpha value is -1.29. The maximum atomic E-state index is 5.91. The quantitative estimate of drug-likeness (QED) is 0.770. The van der Waals surface area contributed by atoms with Crippen LogP contribution >= 0.6 is 0 Å². The molecule has 1 aromatic heterocycles. The maximum absolute atomic E-state index is 5.91. The summed E-state index contributed by atoms with van der Waals surface area (Å²) in [6, 6.07) is 2.55. The maximum Gasteiger partial charge on any atom is 0.130 e. The number of aryl methyl sites for hydroxylation is 1. The topological polar surface area (TPSA) is 45.4 Å². The predicted octanol–water partition coefficient (Wildman–Crippen LogP) is 1.11. The number of pyridine rings is 1. The Bertz CT molecular complexity index is 377. The molecule has 0 radical (unpaired) electrons. The number of aromatic nitrogens is 1. The molecule has 0 aromatic carbocycles. The number of nitrogen functional groups attached to an aromatic ring is 1. The number of anilines is 2. The van der Waals surface area contributed by atoms with Crippen LogP contribution in [0, 0.1) is 6.92 Å². The van der Waals surface area contributed by atoms with Crippen LogP contribution in [0.2, 0.25) is 0 Å². The van der Waals surface area contributed by atoms with Gasteiger partial charge in [-0.1, -0.05) is 0 Å². The summed E-state index contributed by atoms with van der Waals surface area (Å²) in [5.41, 5.74) is 7.79. The molecular formula is C12H20N4. The Kier molecular flexibility index (Phi) is 3.01. The number of nitrogens with two attached hydrogens (primary N) is 1. The summed E-state index contributed by atoms with van der Waals surface area (Å²) < 4.78 is 0. The third-order valence-corrected chi connectivity index (χ3v) is 3.41. The second kappa shape index (κ2) is 4.29. The summed E-state index contributed by atoms with van der Waals surface area (Å²) >= 11 is 0. The number of likely N-dealkylation sites (N-methyl/N-ethyl adjacent to an activating group) is 1. The van der Waals surface area contributed by atoms with Gasteiger partial charge in [-0.25, -0.2) is 4.98 Å². The summed E-state index contributed by atoms with van der Waals surface area (Å²) in [4.78, 5) is 9.12. The van der Waals surface area contributed by atoms with Crippen molar-refractivity contribution in [2.24, 2.45) is 0 Å². The molecule has 4 nitrogen and oxygen atoms in total. The van der Waals surface area contributed by atoms with E-state index in [9.17, 15) is 0 Å². The molecule has 88 valence electrons. The van der Waals surface area contributed by atoms with Gasteiger partial charge in [0.2, 0.25) is 0 Å². The summed E-state index contributed by atoms with van der Waals surface area (Å²) in [6.45, 7) is 7.35. The van der Waals surface area contributed by atoms with Gasteiger partial charge in [0.1, 0.15) is 5.82 Å². The van der Waals surface area contributed by atoms with Crippen molar-refractivity contribution in [1.82, 2.24) is 9.88 Å². The zero-order valence-corrected chi connectivity index (χ0v) is 10.3. The van der Waals surface area contributed by atoms with E-state index < -0.39 is 0 Å². The van der Waals surface area contributed by atoms with Crippen LogP contribution in [0.1, 0.15) is 12.5 Å². The van der Waals surface area contributed by atoms with Gasteiger partial charge in [-0.15, -0.1) is 0 Å². The minimum absolute atomic E-state index is 0.568. The molecule has 1 unspecified atom stereocenters. The van der Waals surface area contributed by atoms with Gasteiger partial charge in [-0.3, -0.25) is 0 Å². The number of nitrogens with zero attached hydrogens (tertiary/aromatic N) is 3. The van der Waals surface area contributed by atoms with Gasteiger partial charge in [0.05, 0.1) is 0 Å². The largest absolute Gasteiger partial charge is 0.398 e. The van der Waals surface area contributed by atoms with E-state index in [1.54, 1.807) is 0 Å². The average molecular weight is 220 g/mol. The molecule has 0 spiro atoms. The van der Waals surface area contributed by atoms with Gasteiger partial charge in [0, 0.05) is 43.6 Å². The Morgan fingerprint density at radius 1 is 1.44 bits per heavy atom. The minimum Gasteiger partial charge on any atom is -0.398 e. The van der Waals surface area contributed by atoms with Crippen LogP contribution in [0.3, 0.4) is 0 Å². The Morgan fingerprint density at radius 2 is 2.19 bits per heavy atom. The lowest BCUT2D eigenvalue weighted by molar-refractivity contribution is 0.233. The average Bonchev–Trinajstić information content (AvgIpc) is 2.26. The van der Waals surface area contributed by atoms with Gasteiger partial charge < -0.3 is 15.5 Å². The lowest BCUT2D eigenvalue weighted by Gasteiger charge is -2.38. The van der Waals surface area contributed by atoms with Crippen molar-refractivity contribution < 1.29 is 0 Å². The minimum atomic E-state index is 0.568. The molecule has 1 fully saturated rings. The van der Waals surface area contributed by atoms with Crippen molar-refractivity contribution in [2.75, 3.05) is 37.3 Å². The van der Waals surface area contributed by atoms with Crippen LogP contribution in [-0.2, 0) is 0 Å². The molecule has 1 aliphatic heterocycles. The summed E-state index contributed by atoms with van der Waals surface area (Å²) in [5.74, 6) is 1.00. The summed E-state index contributed by atoms with van der Waals surface area (Å²) in [7, 11) is 2.17. The Labute approximate surface area is 97.1 Å². The van der Waals surface area contributed by atoms with E-state index in [1.807, 2.05) is 19.2 Å². The Morgan fingerprint density at radius 3 is 2.81 bits per heavy atom. The zero-order chi connectivity index (χ0) is 11.7. The third-order valence-electron chi connectivity index (χ3n) is 3.41. The van der Waals surface area contributed by atoms with E-state index in [2.05, 4.69) is 28.8 Å². The van der Waals surface area contributed by atoms with Crippen LogP contribution in [-0.4, -0.2) is 42.6 Å². The zero-order valence-electron chi connectivity index (χ0n) is 10.3. The van der Waals surface area contributed by atoms with Gasteiger partial charge in [-0.2, -0.15) is 0 Å². The van der Waals surface area contributed by atoms with Crippen LogP contribution in [0.25, 0.3) is 0 Å². The first-order valence-electron chi connectivity index (χ1n) is 5.75. The summed E-state index contributed by atoms with van der Waals surface area (Å²) in [5, 5.41) is 0. The van der Waals surface area contributed by atoms with Crippen LogP contribution in [0.5, 0.6) is 0 Å². The van der Waals surface area contributed by atoms with Crippen molar-refractivity contribution in [3.63, 3.8) is 0 Å². The first-order valence-corrected chi connectivity index (χ1v) is 5.75. The molecule has 1 saturated heterocycles. The van der Waals surface area contributed by atoms with Crippen molar-refractivity contribution in [1.29, 1.82) is 0 Å². The fraction of sp³-hybridized carbons (Fsp3) is 0.583. The fourth-order valence-electron chi connectivity index (χ4n) is 1.96. The molecular weight excluding hydrogens is 200 g/mol. The number of hydrogen-bond acceptors (Lipinski definition) is 4. The highest BCUT2D eigenvalue weighted by Gasteiger charge is 2.21. The molecule has 2 rings (SSSR count). The van der Waals surface area contributed by atoms with Crippen molar-refractivity contribution in [2.45, 2.75) is 19.9 Å². The van der Waals surface area contributed by atoms with E-state index in [0.29, 0.717) is 6.04 Å². The van der Waals surface area contributed by atoms with Crippen LogP contribution in [0.4, 0.5) is 11.5 Å². The predicted molar refractivity (Wildman–Crippen MR) is 67.7 cm³/mol. The number of rotatable bonds is 1. The molecule has 2 heterocycles. The molecule has 0 aliphatic carbocycles. The van der Waals surface area contributed by atoms with E-state index in [4.69, 9.17) is 5.73 Å². The molecule has 0 amide bonds. The van der Waals surface area contributed by atoms with Gasteiger partial charge >= 0.3 is 0 Å². The molecule has 1 aromatic rings. The highest BCUT2D eigenvalue weighted by molar-refractivity contribution is 5.55. The monoisotopic (exact) mass is 220 g/mol. The van der Waals surface area contributed by atoms with Crippen molar-refractivity contribution in [3.05, 3.63) is 17.8 Å². The number of hydrogen-bond donors (Lipinski definition) is 1. The Balaban J connectivity index is 2.15. The van der Waals surface area contributed by atoms with E-state index in [1.165, 1.54) is 0 Å². The van der Waals surface area contributed by atoms with E-state index >= 15 is 0 Å². The molecule has 0 bridgehead atoms. The summed E-state index contributed by atoms with van der Waals surface area (Å²) in [6.07, 6.45) is 1.85. The van der Waals surface area contributed by atoms with Gasteiger partial charge in [-0.05, 0) is 26.5 Å². The van der Waals surface area contributed by atoms with Crippen molar-refractivity contribution in [3.8, 4) is 0 Å². The SMILES string of the molecule is Cc1cnc(N2CCN(C)C(C)C2)cc1N. The highest BCUT2D eigenvalue weighted by Crippen LogP contribution is 2.20.